The lowest BCUT2D eigenvalue weighted by atomic mass is 10.0. The van der Waals surface area contributed by atoms with E-state index in [0.717, 1.165) is 21.9 Å². The highest BCUT2D eigenvalue weighted by Gasteiger charge is 2.52. The lowest BCUT2D eigenvalue weighted by molar-refractivity contribution is -0.123. The Morgan fingerprint density at radius 1 is 1.12 bits per heavy atom. The smallest absolute Gasteiger partial charge is 0.366 e. The number of aromatic nitrogens is 1. The summed E-state index contributed by atoms with van der Waals surface area (Å²) in [4.78, 5) is 42.3. The Morgan fingerprint density at radius 2 is 1.72 bits per heavy atom. The van der Waals surface area contributed by atoms with Crippen LogP contribution in [-0.4, -0.2) is 47.2 Å². The number of sulfone groups is 1. The average Bonchev–Trinajstić information content (AvgIpc) is 2.87. The monoisotopic (exact) mass is 470 g/mol. The van der Waals surface area contributed by atoms with Gasteiger partial charge >= 0.3 is 11.5 Å². The standard InChI is InChI=1S/C19H17F3N4O5S/c1-18(2)16(28)26(12-3-5-13(6-4-12)32(30,31)19(20,21)22)17(29)25(18)10-11-7-8-24-9-14(11)15(23)27/h3-9H,10H2,1-2H3,(H2,23,27). The highest BCUT2D eigenvalue weighted by molar-refractivity contribution is 7.92. The van der Waals surface area contributed by atoms with Crippen molar-refractivity contribution in [3.05, 3.63) is 53.9 Å². The molecule has 0 aliphatic carbocycles. The number of halogens is 3. The summed E-state index contributed by atoms with van der Waals surface area (Å²) in [5, 5.41) is 0. The molecular formula is C19H17F3N4O5S. The molecule has 9 nitrogen and oxygen atoms in total. The molecule has 1 aliphatic heterocycles. The van der Waals surface area contributed by atoms with Gasteiger partial charge in [0.2, 0.25) is 0 Å². The summed E-state index contributed by atoms with van der Waals surface area (Å²) in [6.45, 7) is 2.75. The first kappa shape index (κ1) is 23.2. The molecule has 0 spiro atoms. The van der Waals surface area contributed by atoms with E-state index in [1.165, 1.54) is 32.3 Å². The highest BCUT2D eigenvalue weighted by atomic mass is 32.2. The number of nitrogens with zero attached hydrogens (tertiary/aromatic N) is 3. The first-order valence-corrected chi connectivity index (χ1v) is 10.5. The predicted molar refractivity (Wildman–Crippen MR) is 105 cm³/mol. The topological polar surface area (TPSA) is 131 Å². The van der Waals surface area contributed by atoms with Crippen molar-refractivity contribution in [1.29, 1.82) is 0 Å². The summed E-state index contributed by atoms with van der Waals surface area (Å²) < 4.78 is 61.3. The molecule has 0 saturated carbocycles. The number of pyridine rings is 1. The van der Waals surface area contributed by atoms with E-state index in [-0.39, 0.29) is 17.8 Å². The molecule has 1 aromatic heterocycles. The number of carbonyl (C=O) groups is 3. The zero-order valence-electron chi connectivity index (χ0n) is 16.8. The van der Waals surface area contributed by atoms with Gasteiger partial charge in [0.05, 0.1) is 16.1 Å². The van der Waals surface area contributed by atoms with Crippen LogP contribution in [0, 0.1) is 0 Å². The number of benzene rings is 1. The maximum Gasteiger partial charge on any atom is 0.501 e. The second-order valence-electron chi connectivity index (χ2n) is 7.41. The third-order valence-electron chi connectivity index (χ3n) is 5.04. The summed E-state index contributed by atoms with van der Waals surface area (Å²) in [7, 11) is -5.58. The van der Waals surface area contributed by atoms with Crippen molar-refractivity contribution in [3.8, 4) is 0 Å². The number of alkyl halides is 3. The maximum atomic E-state index is 13.1. The van der Waals surface area contributed by atoms with Gasteiger partial charge in [-0.05, 0) is 49.7 Å². The number of rotatable bonds is 5. The van der Waals surface area contributed by atoms with E-state index in [0.29, 0.717) is 17.7 Å². The minimum Gasteiger partial charge on any atom is -0.366 e. The first-order valence-electron chi connectivity index (χ1n) is 9.00. The van der Waals surface area contributed by atoms with E-state index in [1.807, 2.05) is 0 Å². The number of hydrogen-bond acceptors (Lipinski definition) is 6. The molecule has 1 saturated heterocycles. The van der Waals surface area contributed by atoms with Crippen LogP contribution in [0.1, 0.15) is 29.8 Å². The minimum atomic E-state index is -5.58. The summed E-state index contributed by atoms with van der Waals surface area (Å²) in [5.41, 5.74) is -1.25. The summed E-state index contributed by atoms with van der Waals surface area (Å²) in [6, 6.07) is 3.88. The molecule has 32 heavy (non-hydrogen) atoms. The number of primary amides is 1. The molecule has 3 rings (SSSR count). The van der Waals surface area contributed by atoms with Gasteiger partial charge in [-0.2, -0.15) is 13.2 Å². The maximum absolute atomic E-state index is 13.1. The number of carbonyl (C=O) groups excluding carboxylic acids is 3. The molecule has 13 heteroatoms. The molecule has 1 fully saturated rings. The van der Waals surface area contributed by atoms with E-state index >= 15 is 0 Å². The third kappa shape index (κ3) is 3.68. The van der Waals surface area contributed by atoms with E-state index in [9.17, 15) is 36.0 Å². The van der Waals surface area contributed by atoms with Gasteiger partial charge in [-0.25, -0.2) is 18.1 Å². The van der Waals surface area contributed by atoms with Gasteiger partial charge in [0, 0.05) is 18.9 Å². The Balaban J connectivity index is 1.96. The van der Waals surface area contributed by atoms with E-state index in [2.05, 4.69) is 4.98 Å². The molecule has 0 bridgehead atoms. The van der Waals surface area contributed by atoms with E-state index in [1.54, 1.807) is 0 Å². The van der Waals surface area contributed by atoms with Crippen LogP contribution in [-0.2, 0) is 21.2 Å². The van der Waals surface area contributed by atoms with Gasteiger partial charge in [-0.15, -0.1) is 0 Å². The average molecular weight is 470 g/mol. The largest absolute Gasteiger partial charge is 0.501 e. The Hall–Kier alpha value is -3.48. The molecule has 2 heterocycles. The van der Waals surface area contributed by atoms with Gasteiger partial charge in [0.25, 0.3) is 21.7 Å². The van der Waals surface area contributed by atoms with Crippen LogP contribution < -0.4 is 10.6 Å². The van der Waals surface area contributed by atoms with Crippen LogP contribution in [0.2, 0.25) is 0 Å². The van der Waals surface area contributed by atoms with Crippen LogP contribution in [0.4, 0.5) is 23.7 Å². The zero-order valence-corrected chi connectivity index (χ0v) is 17.6. The normalized spacial score (nSPS) is 16.5. The van der Waals surface area contributed by atoms with E-state index in [4.69, 9.17) is 5.73 Å². The molecule has 4 amide bonds. The fourth-order valence-corrected chi connectivity index (χ4v) is 3.95. The number of amides is 4. The van der Waals surface area contributed by atoms with E-state index < -0.39 is 43.6 Å². The van der Waals surface area contributed by atoms with Crippen LogP contribution in [0.5, 0.6) is 0 Å². The molecule has 0 unspecified atom stereocenters. The lowest BCUT2D eigenvalue weighted by Gasteiger charge is -2.28. The number of nitrogens with two attached hydrogens (primary N) is 1. The zero-order chi connectivity index (χ0) is 24.1. The van der Waals surface area contributed by atoms with Gasteiger partial charge in [0.15, 0.2) is 0 Å². The Kier molecular flexibility index (Phi) is 5.50. The van der Waals surface area contributed by atoms with Gasteiger partial charge in [-0.3, -0.25) is 14.6 Å². The van der Waals surface area contributed by atoms with Crippen molar-refractivity contribution in [2.75, 3.05) is 4.90 Å². The van der Waals surface area contributed by atoms with Crippen molar-refractivity contribution < 1.29 is 36.0 Å². The quantitative estimate of drug-likeness (QED) is 0.667. The van der Waals surface area contributed by atoms with Crippen molar-refractivity contribution >= 4 is 33.4 Å². The lowest BCUT2D eigenvalue weighted by Crippen LogP contribution is -2.44. The number of imide groups is 1. The molecule has 2 N–H and O–H groups in total. The third-order valence-corrected chi connectivity index (χ3v) is 6.54. The fraction of sp³-hybridized carbons (Fsp3) is 0.263. The Morgan fingerprint density at radius 3 is 2.25 bits per heavy atom. The number of urea groups is 1. The summed E-state index contributed by atoms with van der Waals surface area (Å²) in [6.07, 6.45) is 2.61. The molecular weight excluding hydrogens is 453 g/mol. The van der Waals surface area contributed by atoms with Crippen molar-refractivity contribution in [2.24, 2.45) is 5.73 Å². The van der Waals surface area contributed by atoms with Gasteiger partial charge < -0.3 is 10.6 Å². The Bertz CT molecular complexity index is 1210. The molecule has 1 aliphatic rings. The molecule has 0 radical (unpaired) electrons. The highest BCUT2D eigenvalue weighted by Crippen LogP contribution is 2.35. The van der Waals surface area contributed by atoms with Crippen molar-refractivity contribution in [2.45, 2.75) is 36.3 Å². The second kappa shape index (κ2) is 7.58. The van der Waals surface area contributed by atoms with Crippen LogP contribution in [0.3, 0.4) is 0 Å². The number of hydrogen-bond donors (Lipinski definition) is 1. The van der Waals surface area contributed by atoms with Crippen LogP contribution >= 0.6 is 0 Å². The molecule has 0 atom stereocenters. The SMILES string of the molecule is CC1(C)C(=O)N(c2ccc(S(=O)(=O)C(F)(F)F)cc2)C(=O)N1Cc1ccncc1C(N)=O. The second-order valence-corrected chi connectivity index (χ2v) is 9.35. The molecule has 2 aromatic rings. The fourth-order valence-electron chi connectivity index (χ4n) is 3.19. The van der Waals surface area contributed by atoms with Crippen molar-refractivity contribution in [1.82, 2.24) is 9.88 Å². The van der Waals surface area contributed by atoms with Crippen LogP contribution in [0.25, 0.3) is 0 Å². The van der Waals surface area contributed by atoms with Crippen LogP contribution in [0.15, 0.2) is 47.6 Å². The van der Waals surface area contributed by atoms with Gasteiger partial charge in [0.1, 0.15) is 5.54 Å². The number of anilines is 1. The summed E-state index contributed by atoms with van der Waals surface area (Å²) in [5.74, 6) is -1.47. The van der Waals surface area contributed by atoms with Crippen molar-refractivity contribution in [3.63, 3.8) is 0 Å². The first-order chi connectivity index (χ1) is 14.7. The van der Waals surface area contributed by atoms with Gasteiger partial charge in [-0.1, -0.05) is 0 Å². The Labute approximate surface area is 180 Å². The predicted octanol–water partition coefficient (Wildman–Crippen LogP) is 2.22. The summed E-state index contributed by atoms with van der Waals surface area (Å²) >= 11 is 0. The molecule has 1 aromatic carbocycles. The minimum absolute atomic E-state index is 0.0590. The molecule has 170 valence electrons.